The smallest absolute Gasteiger partial charge is 0.322 e. The van der Waals surface area contributed by atoms with Gasteiger partial charge in [-0.1, -0.05) is 5.10 Å². The Labute approximate surface area is 140 Å². The van der Waals surface area contributed by atoms with Crippen molar-refractivity contribution in [2.75, 3.05) is 5.32 Å². The zero-order valence-corrected chi connectivity index (χ0v) is 13.7. The first-order chi connectivity index (χ1) is 11.6. The molecule has 0 fully saturated rings. The number of carbonyl (C=O) groups is 1. The van der Waals surface area contributed by atoms with Gasteiger partial charge >= 0.3 is 6.01 Å². The van der Waals surface area contributed by atoms with Crippen LogP contribution in [0.25, 0.3) is 21.8 Å². The number of rotatable bonds is 3. The number of hydrogen-bond acceptors (Lipinski definition) is 7. The quantitative estimate of drug-likeness (QED) is 0.615. The largest absolute Gasteiger partial charge is 0.401 e. The van der Waals surface area contributed by atoms with Crippen molar-refractivity contribution in [2.45, 2.75) is 6.92 Å². The molecule has 0 saturated carbocycles. The highest BCUT2D eigenvalue weighted by Crippen LogP contribution is 2.22. The van der Waals surface area contributed by atoms with Gasteiger partial charge in [0.15, 0.2) is 0 Å². The maximum absolute atomic E-state index is 12.3. The van der Waals surface area contributed by atoms with Gasteiger partial charge in [0.2, 0.25) is 0 Å². The van der Waals surface area contributed by atoms with Crippen LogP contribution in [0.15, 0.2) is 34.2 Å². The molecule has 24 heavy (non-hydrogen) atoms. The first-order valence-electron chi connectivity index (χ1n) is 7.09. The Hall–Kier alpha value is -3.07. The molecule has 8 nitrogen and oxygen atoms in total. The Morgan fingerprint density at radius 3 is 2.96 bits per heavy atom. The van der Waals surface area contributed by atoms with Crippen LogP contribution >= 0.6 is 11.3 Å². The number of benzene rings is 1. The Bertz CT molecular complexity index is 1050. The van der Waals surface area contributed by atoms with E-state index in [1.807, 2.05) is 13.0 Å². The van der Waals surface area contributed by atoms with Crippen molar-refractivity contribution in [3.05, 3.63) is 41.0 Å². The summed E-state index contributed by atoms with van der Waals surface area (Å²) in [6.45, 7) is 1.87. The highest BCUT2D eigenvalue weighted by Gasteiger charge is 2.16. The van der Waals surface area contributed by atoms with E-state index in [4.69, 9.17) is 4.42 Å². The number of nitrogens with zero attached hydrogens (tertiary/aromatic N) is 5. The summed E-state index contributed by atoms with van der Waals surface area (Å²) in [5.41, 5.74) is 4.64. The predicted octanol–water partition coefficient (Wildman–Crippen LogP) is 2.64. The molecule has 4 aromatic rings. The molecule has 0 aliphatic heterocycles. The monoisotopic (exact) mass is 340 g/mol. The predicted molar refractivity (Wildman–Crippen MR) is 88.8 cm³/mol. The van der Waals surface area contributed by atoms with E-state index in [-0.39, 0.29) is 11.9 Å². The van der Waals surface area contributed by atoms with Crippen molar-refractivity contribution in [2.24, 2.45) is 7.05 Å². The van der Waals surface area contributed by atoms with Gasteiger partial charge in [0.1, 0.15) is 5.69 Å². The summed E-state index contributed by atoms with van der Waals surface area (Å²) in [5, 5.41) is 14.6. The second-order valence-electron chi connectivity index (χ2n) is 5.20. The molecule has 1 aromatic carbocycles. The molecular formula is C15H12N6O2S. The summed E-state index contributed by atoms with van der Waals surface area (Å²) in [4.78, 5) is 16.5. The number of carbonyl (C=O) groups excluding carboxylic acids is 1. The molecule has 0 atom stereocenters. The fourth-order valence-corrected chi connectivity index (χ4v) is 3.07. The fourth-order valence-electron chi connectivity index (χ4n) is 2.35. The minimum absolute atomic E-state index is 0.0401. The first kappa shape index (κ1) is 14.5. The minimum atomic E-state index is -0.318. The number of aromatic nitrogens is 5. The summed E-state index contributed by atoms with van der Waals surface area (Å²) in [5.74, 6) is -0.0204. The normalized spacial score (nSPS) is 11.1. The van der Waals surface area contributed by atoms with Crippen molar-refractivity contribution < 1.29 is 9.21 Å². The van der Waals surface area contributed by atoms with Crippen molar-refractivity contribution in [1.29, 1.82) is 0 Å². The lowest BCUT2D eigenvalue weighted by molar-refractivity contribution is 0.102. The average Bonchev–Trinajstić information content (AvgIpc) is 3.26. The number of thiazole rings is 1. The van der Waals surface area contributed by atoms with Crippen LogP contribution in [-0.2, 0) is 7.05 Å². The van der Waals surface area contributed by atoms with Crippen LogP contribution in [0.4, 0.5) is 6.01 Å². The van der Waals surface area contributed by atoms with Gasteiger partial charge in [0.05, 0.1) is 21.4 Å². The number of anilines is 1. The minimum Gasteiger partial charge on any atom is -0.401 e. The third kappa shape index (κ3) is 2.54. The summed E-state index contributed by atoms with van der Waals surface area (Å²) in [7, 11) is 1.79. The van der Waals surface area contributed by atoms with E-state index in [0.717, 1.165) is 15.9 Å². The zero-order chi connectivity index (χ0) is 16.7. The van der Waals surface area contributed by atoms with Crippen LogP contribution in [0.1, 0.15) is 16.1 Å². The highest BCUT2D eigenvalue weighted by molar-refractivity contribution is 7.16. The van der Waals surface area contributed by atoms with Gasteiger partial charge in [-0.2, -0.15) is 5.10 Å². The van der Waals surface area contributed by atoms with E-state index in [2.05, 4.69) is 25.6 Å². The SMILES string of the molecule is Cc1cc(-c2nnc(NC(=O)c3ccc4ncsc4c3)o2)n(C)n1. The van der Waals surface area contributed by atoms with Gasteiger partial charge in [-0.05, 0) is 31.2 Å². The number of fused-ring (bicyclic) bond motifs is 1. The van der Waals surface area contributed by atoms with Crippen LogP contribution in [0.2, 0.25) is 0 Å². The van der Waals surface area contributed by atoms with Crippen molar-refractivity contribution in [1.82, 2.24) is 25.0 Å². The fraction of sp³-hybridized carbons (Fsp3) is 0.133. The summed E-state index contributed by atoms with van der Waals surface area (Å²) >= 11 is 1.48. The number of nitrogens with one attached hydrogen (secondary N) is 1. The molecule has 0 aliphatic rings. The van der Waals surface area contributed by atoms with E-state index in [0.29, 0.717) is 17.1 Å². The maximum Gasteiger partial charge on any atom is 0.322 e. The van der Waals surface area contributed by atoms with Crippen molar-refractivity contribution >= 4 is 33.5 Å². The number of aryl methyl sites for hydroxylation is 2. The Morgan fingerprint density at radius 1 is 1.29 bits per heavy atom. The summed E-state index contributed by atoms with van der Waals surface area (Å²) in [6, 6.07) is 7.16. The molecular weight excluding hydrogens is 328 g/mol. The molecule has 3 aromatic heterocycles. The van der Waals surface area contributed by atoms with Gasteiger partial charge in [0.25, 0.3) is 11.8 Å². The van der Waals surface area contributed by atoms with Crippen LogP contribution in [-0.4, -0.2) is 30.9 Å². The lowest BCUT2D eigenvalue weighted by Gasteiger charge is -2.00. The van der Waals surface area contributed by atoms with Crippen LogP contribution in [0, 0.1) is 6.92 Å². The Balaban J connectivity index is 1.57. The second-order valence-corrected chi connectivity index (χ2v) is 6.08. The standard InChI is InChI=1S/C15H12N6O2S/c1-8-5-11(21(2)20-8)14-18-19-15(23-14)17-13(22)9-3-4-10-12(6-9)24-7-16-10/h3-7H,1-2H3,(H,17,19,22). The maximum atomic E-state index is 12.3. The van der Waals surface area contributed by atoms with E-state index in [9.17, 15) is 4.79 Å². The molecule has 0 aliphatic carbocycles. The topological polar surface area (TPSA) is 98.7 Å². The molecule has 0 unspecified atom stereocenters. The molecule has 120 valence electrons. The second kappa shape index (κ2) is 5.53. The molecule has 9 heteroatoms. The number of hydrogen-bond donors (Lipinski definition) is 1. The third-order valence-electron chi connectivity index (χ3n) is 3.46. The summed E-state index contributed by atoms with van der Waals surface area (Å²) in [6.07, 6.45) is 0. The van der Waals surface area contributed by atoms with Crippen molar-refractivity contribution in [3.63, 3.8) is 0 Å². The Kier molecular flexibility index (Phi) is 3.35. The third-order valence-corrected chi connectivity index (χ3v) is 4.25. The number of amides is 1. The molecule has 1 amide bonds. The molecule has 3 heterocycles. The summed E-state index contributed by atoms with van der Waals surface area (Å²) < 4.78 is 8.09. The molecule has 0 radical (unpaired) electrons. The first-order valence-corrected chi connectivity index (χ1v) is 7.97. The van der Waals surface area contributed by atoms with Gasteiger partial charge < -0.3 is 4.42 Å². The highest BCUT2D eigenvalue weighted by atomic mass is 32.1. The van der Waals surface area contributed by atoms with E-state index >= 15 is 0 Å². The van der Waals surface area contributed by atoms with Gasteiger partial charge in [-0.25, -0.2) is 4.98 Å². The van der Waals surface area contributed by atoms with Gasteiger partial charge in [0, 0.05) is 12.6 Å². The van der Waals surface area contributed by atoms with Crippen LogP contribution in [0.5, 0.6) is 0 Å². The van der Waals surface area contributed by atoms with E-state index in [1.54, 1.807) is 35.4 Å². The average molecular weight is 340 g/mol. The molecule has 1 N–H and O–H groups in total. The Morgan fingerprint density at radius 2 is 2.17 bits per heavy atom. The van der Waals surface area contributed by atoms with Crippen molar-refractivity contribution in [3.8, 4) is 11.6 Å². The molecule has 0 bridgehead atoms. The van der Waals surface area contributed by atoms with Crippen LogP contribution < -0.4 is 5.32 Å². The molecule has 4 rings (SSSR count). The molecule has 0 saturated heterocycles. The zero-order valence-electron chi connectivity index (χ0n) is 12.8. The van der Waals surface area contributed by atoms with E-state index in [1.165, 1.54) is 11.3 Å². The van der Waals surface area contributed by atoms with Crippen LogP contribution in [0.3, 0.4) is 0 Å². The van der Waals surface area contributed by atoms with Gasteiger partial charge in [-0.15, -0.1) is 16.4 Å². The lowest BCUT2D eigenvalue weighted by atomic mass is 10.2. The van der Waals surface area contributed by atoms with Gasteiger partial charge in [-0.3, -0.25) is 14.8 Å². The lowest BCUT2D eigenvalue weighted by Crippen LogP contribution is -2.11. The van der Waals surface area contributed by atoms with E-state index < -0.39 is 0 Å². The molecule has 0 spiro atoms.